The van der Waals surface area contributed by atoms with Crippen molar-refractivity contribution in [2.45, 2.75) is 31.2 Å². The summed E-state index contributed by atoms with van der Waals surface area (Å²) in [4.78, 5) is 0.274. The molecule has 0 aliphatic rings. The Morgan fingerprint density at radius 1 is 1.39 bits per heavy atom. The maximum absolute atomic E-state index is 12.1. The highest BCUT2D eigenvalue weighted by Gasteiger charge is 2.20. The Bertz CT molecular complexity index is 512. The second-order valence-electron chi connectivity index (χ2n) is 4.68. The van der Waals surface area contributed by atoms with Gasteiger partial charge in [-0.15, -0.1) is 12.4 Å². The normalized spacial score (nSPS) is 12.1. The van der Waals surface area contributed by atoms with E-state index in [0.29, 0.717) is 5.56 Å². The maximum atomic E-state index is 12.1. The number of halogens is 2. The topological polar surface area (TPSA) is 72.2 Å². The lowest BCUT2D eigenvalue weighted by Gasteiger charge is -2.19. The Balaban J connectivity index is 0.00000289. The van der Waals surface area contributed by atoms with Crippen molar-refractivity contribution in [3.8, 4) is 0 Å². The van der Waals surface area contributed by atoms with Gasteiger partial charge in [-0.2, -0.15) is 0 Å². The number of nitrogens with one attached hydrogen (secondary N) is 1. The Kier molecular flexibility index (Phi) is 6.29. The smallest absolute Gasteiger partial charge is 0.240 e. The fraction of sp³-hybridized carbons (Fsp3) is 0.455. The van der Waals surface area contributed by atoms with Crippen LogP contribution in [-0.2, 0) is 10.0 Å². The van der Waals surface area contributed by atoms with Crippen molar-refractivity contribution < 1.29 is 8.42 Å². The average Bonchev–Trinajstić information content (AvgIpc) is 2.18. The third-order valence-electron chi connectivity index (χ3n) is 2.23. The molecule has 3 N–H and O–H groups in total. The van der Waals surface area contributed by atoms with E-state index in [-0.39, 0.29) is 23.8 Å². The van der Waals surface area contributed by atoms with Crippen LogP contribution in [0.25, 0.3) is 0 Å². The first-order valence-corrected chi connectivity index (χ1v) is 7.45. The van der Waals surface area contributed by atoms with Gasteiger partial charge in [0.15, 0.2) is 0 Å². The molecule has 0 spiro atoms. The molecule has 0 aromatic heterocycles. The number of sulfonamides is 1. The van der Waals surface area contributed by atoms with Crippen molar-refractivity contribution in [3.05, 3.63) is 28.2 Å². The van der Waals surface area contributed by atoms with Crippen LogP contribution in [0.3, 0.4) is 0 Å². The molecule has 1 aromatic rings. The van der Waals surface area contributed by atoms with Gasteiger partial charge in [0.1, 0.15) is 0 Å². The summed E-state index contributed by atoms with van der Waals surface area (Å²) in [5.74, 6) is 0. The molecule has 0 saturated heterocycles. The summed E-state index contributed by atoms with van der Waals surface area (Å²) < 4.78 is 27.4. The number of hydrogen-bond acceptors (Lipinski definition) is 3. The van der Waals surface area contributed by atoms with E-state index in [1.165, 1.54) is 0 Å². The number of nitrogens with two attached hydrogens (primary N) is 1. The fourth-order valence-corrected chi connectivity index (χ4v) is 3.22. The van der Waals surface area contributed by atoms with Gasteiger partial charge in [0.25, 0.3) is 0 Å². The van der Waals surface area contributed by atoms with Gasteiger partial charge in [-0.05, 0) is 38.5 Å². The number of hydrogen-bond donors (Lipinski definition) is 2. The van der Waals surface area contributed by atoms with Crippen molar-refractivity contribution in [1.82, 2.24) is 4.72 Å². The predicted octanol–water partition coefficient (Wildman–Crippen LogP) is 2.19. The molecule has 0 saturated carbocycles. The third-order valence-corrected chi connectivity index (χ3v) is 4.63. The molecule has 1 rings (SSSR count). The standard InChI is InChI=1S/C11H17BrN2O2S.ClH/c1-8-9(12)5-4-6-10(8)17(15,16)14-7-11(2,3)13;/h4-6,14H,7,13H2,1-3H3;1H. The Labute approximate surface area is 123 Å². The summed E-state index contributed by atoms with van der Waals surface area (Å²) in [7, 11) is -3.51. The molecule has 0 bridgehead atoms. The van der Waals surface area contributed by atoms with Crippen LogP contribution < -0.4 is 10.5 Å². The van der Waals surface area contributed by atoms with Crippen LogP contribution in [0.15, 0.2) is 27.6 Å². The van der Waals surface area contributed by atoms with E-state index in [4.69, 9.17) is 5.73 Å². The summed E-state index contributed by atoms with van der Waals surface area (Å²) >= 11 is 3.31. The summed E-state index contributed by atoms with van der Waals surface area (Å²) in [6.07, 6.45) is 0. The van der Waals surface area contributed by atoms with E-state index < -0.39 is 15.6 Å². The van der Waals surface area contributed by atoms with Crippen LogP contribution in [0.5, 0.6) is 0 Å². The first kappa shape index (κ1) is 17.9. The molecule has 0 amide bonds. The zero-order valence-corrected chi connectivity index (χ0v) is 13.7. The highest BCUT2D eigenvalue weighted by molar-refractivity contribution is 9.10. The van der Waals surface area contributed by atoms with Crippen LogP contribution in [-0.4, -0.2) is 20.5 Å². The fourth-order valence-electron chi connectivity index (χ4n) is 1.24. The third kappa shape index (κ3) is 4.85. The second kappa shape index (κ2) is 6.34. The van der Waals surface area contributed by atoms with E-state index in [1.54, 1.807) is 39.0 Å². The molecule has 0 heterocycles. The lowest BCUT2D eigenvalue weighted by atomic mass is 10.1. The molecule has 0 fully saturated rings. The van der Waals surface area contributed by atoms with E-state index in [2.05, 4.69) is 20.7 Å². The zero-order valence-electron chi connectivity index (χ0n) is 10.5. The lowest BCUT2D eigenvalue weighted by Crippen LogP contribution is -2.45. The van der Waals surface area contributed by atoms with Gasteiger partial charge in [0.2, 0.25) is 10.0 Å². The van der Waals surface area contributed by atoms with Gasteiger partial charge in [0, 0.05) is 16.6 Å². The molecule has 1 aromatic carbocycles. The van der Waals surface area contributed by atoms with Gasteiger partial charge in [-0.3, -0.25) is 0 Å². The van der Waals surface area contributed by atoms with Crippen molar-refractivity contribution in [2.24, 2.45) is 5.73 Å². The van der Waals surface area contributed by atoms with Crippen molar-refractivity contribution in [3.63, 3.8) is 0 Å². The van der Waals surface area contributed by atoms with Crippen LogP contribution >= 0.6 is 28.3 Å². The predicted molar refractivity (Wildman–Crippen MR) is 79.6 cm³/mol. The van der Waals surface area contributed by atoms with E-state index in [1.807, 2.05) is 0 Å². The zero-order chi connectivity index (χ0) is 13.3. The number of rotatable bonds is 4. The van der Waals surface area contributed by atoms with Gasteiger partial charge >= 0.3 is 0 Å². The number of benzene rings is 1. The molecule has 0 aliphatic carbocycles. The van der Waals surface area contributed by atoms with Gasteiger partial charge in [0.05, 0.1) is 4.90 Å². The first-order chi connectivity index (χ1) is 7.63. The Hall–Kier alpha value is -0.140. The van der Waals surface area contributed by atoms with Crippen LogP contribution in [0.2, 0.25) is 0 Å². The van der Waals surface area contributed by atoms with E-state index in [9.17, 15) is 8.42 Å². The van der Waals surface area contributed by atoms with E-state index >= 15 is 0 Å². The molecule has 0 aliphatic heterocycles. The lowest BCUT2D eigenvalue weighted by molar-refractivity contribution is 0.497. The minimum absolute atomic E-state index is 0. The highest BCUT2D eigenvalue weighted by Crippen LogP contribution is 2.23. The quantitative estimate of drug-likeness (QED) is 0.867. The Morgan fingerprint density at radius 3 is 2.44 bits per heavy atom. The SMILES string of the molecule is Cc1c(Br)cccc1S(=O)(=O)NCC(C)(C)N.Cl. The molecule has 0 unspecified atom stereocenters. The molecular formula is C11H18BrClN2O2S. The van der Waals surface area contributed by atoms with Crippen molar-refractivity contribution in [1.29, 1.82) is 0 Å². The molecule has 104 valence electrons. The largest absolute Gasteiger partial charge is 0.324 e. The minimum atomic E-state index is -3.51. The average molecular weight is 358 g/mol. The van der Waals surface area contributed by atoms with E-state index in [0.717, 1.165) is 4.47 Å². The van der Waals surface area contributed by atoms with Gasteiger partial charge in [-0.1, -0.05) is 22.0 Å². The summed E-state index contributed by atoms with van der Waals surface area (Å²) in [6.45, 7) is 5.49. The summed E-state index contributed by atoms with van der Waals surface area (Å²) in [5, 5.41) is 0. The molecule has 18 heavy (non-hydrogen) atoms. The molecule has 0 radical (unpaired) electrons. The molecular weight excluding hydrogens is 340 g/mol. The molecule has 4 nitrogen and oxygen atoms in total. The van der Waals surface area contributed by atoms with Gasteiger partial charge in [-0.25, -0.2) is 13.1 Å². The molecule has 0 atom stereocenters. The van der Waals surface area contributed by atoms with Crippen LogP contribution in [0, 0.1) is 6.92 Å². The Morgan fingerprint density at radius 2 is 1.94 bits per heavy atom. The highest BCUT2D eigenvalue weighted by atomic mass is 79.9. The molecule has 7 heteroatoms. The van der Waals surface area contributed by atoms with Crippen LogP contribution in [0.1, 0.15) is 19.4 Å². The van der Waals surface area contributed by atoms with Gasteiger partial charge < -0.3 is 5.73 Å². The first-order valence-electron chi connectivity index (χ1n) is 5.17. The van der Waals surface area contributed by atoms with Crippen molar-refractivity contribution >= 4 is 38.4 Å². The van der Waals surface area contributed by atoms with Crippen molar-refractivity contribution in [2.75, 3.05) is 6.54 Å². The minimum Gasteiger partial charge on any atom is -0.324 e. The second-order valence-corrected chi connectivity index (χ2v) is 7.27. The van der Waals surface area contributed by atoms with Crippen LogP contribution in [0.4, 0.5) is 0 Å². The maximum Gasteiger partial charge on any atom is 0.240 e. The summed E-state index contributed by atoms with van der Waals surface area (Å²) in [6, 6.07) is 5.08. The summed E-state index contributed by atoms with van der Waals surface area (Å²) in [5.41, 5.74) is 5.87. The monoisotopic (exact) mass is 356 g/mol.